The minimum Gasteiger partial charge on any atom is -0.388 e. The Kier molecular flexibility index (Phi) is 2.26. The number of nitrogens with one attached hydrogen (secondary N) is 1. The molecule has 2 unspecified atom stereocenters. The zero-order valence-corrected chi connectivity index (χ0v) is 10.5. The third-order valence-electron chi connectivity index (χ3n) is 4.19. The van der Waals surface area contributed by atoms with Gasteiger partial charge in [-0.15, -0.1) is 0 Å². The molecule has 94 valence electrons. The van der Waals surface area contributed by atoms with Crippen LogP contribution in [0.5, 0.6) is 0 Å². The molecular weight excluding hydrogens is 234 g/mol. The number of aliphatic hydroxyl groups excluding tert-OH is 1. The highest BCUT2D eigenvalue weighted by molar-refractivity contribution is 5.84. The zero-order valence-electron chi connectivity index (χ0n) is 10.5. The van der Waals surface area contributed by atoms with Crippen molar-refractivity contribution >= 4 is 10.9 Å². The molecule has 1 aliphatic carbocycles. The van der Waals surface area contributed by atoms with E-state index in [9.17, 15) is 5.11 Å². The number of para-hydroxylation sites is 1. The Morgan fingerprint density at radius 3 is 2.53 bits per heavy atom. The van der Waals surface area contributed by atoms with E-state index in [0.717, 1.165) is 17.5 Å². The number of rotatable bonds is 1. The molecule has 2 heteroatoms. The molecule has 3 aromatic rings. The molecule has 1 aliphatic rings. The van der Waals surface area contributed by atoms with Crippen LogP contribution in [-0.2, 0) is 0 Å². The van der Waals surface area contributed by atoms with Crippen LogP contribution in [0.4, 0.5) is 0 Å². The standard InChI is InChI=1S/C17H15NO/c19-17-9-14(11-5-1-2-7-13(11)17)15-10-18-16-8-4-3-6-12(15)16/h1-8,10,14,17-19H,9H2. The minimum absolute atomic E-state index is 0.294. The minimum atomic E-state index is -0.338. The van der Waals surface area contributed by atoms with E-state index >= 15 is 0 Å². The van der Waals surface area contributed by atoms with Gasteiger partial charge < -0.3 is 10.1 Å². The fourth-order valence-electron chi connectivity index (χ4n) is 3.29. The van der Waals surface area contributed by atoms with E-state index < -0.39 is 0 Å². The molecule has 4 rings (SSSR count). The first-order valence-corrected chi connectivity index (χ1v) is 6.67. The molecule has 1 aromatic heterocycles. The highest BCUT2D eigenvalue weighted by Gasteiger charge is 2.31. The Balaban J connectivity index is 1.90. The number of H-pyrrole nitrogens is 1. The lowest BCUT2D eigenvalue weighted by Crippen LogP contribution is -1.95. The van der Waals surface area contributed by atoms with E-state index in [0.29, 0.717) is 5.92 Å². The molecule has 2 aromatic carbocycles. The van der Waals surface area contributed by atoms with Crippen LogP contribution < -0.4 is 0 Å². The Hall–Kier alpha value is -2.06. The van der Waals surface area contributed by atoms with Crippen molar-refractivity contribution in [2.75, 3.05) is 0 Å². The van der Waals surface area contributed by atoms with E-state index in [-0.39, 0.29) is 6.10 Å². The summed E-state index contributed by atoms with van der Waals surface area (Å²) >= 11 is 0. The average Bonchev–Trinajstić information content (AvgIpc) is 3.01. The number of fused-ring (bicyclic) bond motifs is 2. The molecule has 0 saturated heterocycles. The van der Waals surface area contributed by atoms with Crippen molar-refractivity contribution in [3.8, 4) is 0 Å². The first kappa shape index (κ1) is 10.8. The molecule has 19 heavy (non-hydrogen) atoms. The number of benzene rings is 2. The van der Waals surface area contributed by atoms with Gasteiger partial charge in [-0.3, -0.25) is 0 Å². The van der Waals surface area contributed by atoms with Crippen molar-refractivity contribution in [3.63, 3.8) is 0 Å². The molecular formula is C17H15NO. The maximum atomic E-state index is 10.2. The van der Waals surface area contributed by atoms with Crippen molar-refractivity contribution in [2.24, 2.45) is 0 Å². The molecule has 0 aliphatic heterocycles. The van der Waals surface area contributed by atoms with Gasteiger partial charge in [0.15, 0.2) is 0 Å². The Morgan fingerprint density at radius 1 is 0.895 bits per heavy atom. The van der Waals surface area contributed by atoms with E-state index in [1.807, 2.05) is 18.2 Å². The van der Waals surface area contributed by atoms with Crippen molar-refractivity contribution < 1.29 is 5.11 Å². The normalized spacial score (nSPS) is 21.7. The van der Waals surface area contributed by atoms with E-state index in [4.69, 9.17) is 0 Å². The molecule has 1 heterocycles. The molecule has 0 fully saturated rings. The summed E-state index contributed by atoms with van der Waals surface area (Å²) in [5, 5.41) is 11.5. The predicted molar refractivity (Wildman–Crippen MR) is 76.2 cm³/mol. The lowest BCUT2D eigenvalue weighted by Gasteiger charge is -2.10. The van der Waals surface area contributed by atoms with Gasteiger partial charge in [0.25, 0.3) is 0 Å². The van der Waals surface area contributed by atoms with Crippen LogP contribution in [0.25, 0.3) is 10.9 Å². The Bertz CT molecular complexity index is 744. The van der Waals surface area contributed by atoms with Crippen LogP contribution in [0.1, 0.15) is 35.1 Å². The fraction of sp³-hybridized carbons (Fsp3) is 0.176. The summed E-state index contributed by atoms with van der Waals surface area (Å²) in [5.41, 5.74) is 4.80. The number of hydrogen-bond donors (Lipinski definition) is 2. The van der Waals surface area contributed by atoms with E-state index in [1.54, 1.807) is 0 Å². The van der Waals surface area contributed by atoms with Gasteiger partial charge in [0.2, 0.25) is 0 Å². The maximum Gasteiger partial charge on any atom is 0.0802 e. The van der Waals surface area contributed by atoms with Crippen molar-refractivity contribution in [1.82, 2.24) is 4.98 Å². The lowest BCUT2D eigenvalue weighted by molar-refractivity contribution is 0.176. The quantitative estimate of drug-likeness (QED) is 0.677. The Morgan fingerprint density at radius 2 is 1.63 bits per heavy atom. The van der Waals surface area contributed by atoms with Gasteiger partial charge in [0.1, 0.15) is 0 Å². The third-order valence-corrected chi connectivity index (χ3v) is 4.19. The van der Waals surface area contributed by atoms with Gasteiger partial charge >= 0.3 is 0 Å². The van der Waals surface area contributed by atoms with Gasteiger partial charge in [-0.05, 0) is 29.2 Å². The number of aromatic amines is 1. The largest absolute Gasteiger partial charge is 0.388 e. The summed E-state index contributed by atoms with van der Waals surface area (Å²) < 4.78 is 0. The van der Waals surface area contributed by atoms with Crippen LogP contribution in [0, 0.1) is 0 Å². The van der Waals surface area contributed by atoms with Crippen molar-refractivity contribution in [3.05, 3.63) is 71.4 Å². The molecule has 0 bridgehead atoms. The first-order valence-electron chi connectivity index (χ1n) is 6.67. The van der Waals surface area contributed by atoms with Crippen molar-refractivity contribution in [1.29, 1.82) is 0 Å². The molecule has 0 radical (unpaired) electrons. The molecule has 0 amide bonds. The average molecular weight is 249 g/mol. The zero-order chi connectivity index (χ0) is 12.8. The number of aliphatic hydroxyl groups is 1. The molecule has 2 N–H and O–H groups in total. The Labute approximate surface area is 111 Å². The summed E-state index contributed by atoms with van der Waals surface area (Å²) in [6.07, 6.45) is 2.53. The molecule has 0 spiro atoms. The second-order valence-corrected chi connectivity index (χ2v) is 5.22. The van der Waals surface area contributed by atoms with Gasteiger partial charge in [-0.1, -0.05) is 42.5 Å². The molecule has 2 nitrogen and oxygen atoms in total. The van der Waals surface area contributed by atoms with Crippen LogP contribution in [-0.4, -0.2) is 10.1 Å². The molecule has 0 saturated carbocycles. The van der Waals surface area contributed by atoms with Gasteiger partial charge in [0, 0.05) is 23.0 Å². The second kappa shape index (κ2) is 3.97. The highest BCUT2D eigenvalue weighted by Crippen LogP contribution is 2.45. The van der Waals surface area contributed by atoms with Crippen LogP contribution in [0.15, 0.2) is 54.7 Å². The summed E-state index contributed by atoms with van der Waals surface area (Å²) in [4.78, 5) is 3.33. The van der Waals surface area contributed by atoms with Crippen LogP contribution in [0.2, 0.25) is 0 Å². The number of aromatic nitrogens is 1. The van der Waals surface area contributed by atoms with Crippen LogP contribution >= 0.6 is 0 Å². The first-order chi connectivity index (χ1) is 9.34. The lowest BCUT2D eigenvalue weighted by atomic mass is 9.93. The topological polar surface area (TPSA) is 36.0 Å². The summed E-state index contributed by atoms with van der Waals surface area (Å²) in [6, 6.07) is 16.6. The third kappa shape index (κ3) is 1.53. The SMILES string of the molecule is OC1CC(c2c[nH]c3ccccc23)c2ccccc21. The van der Waals surface area contributed by atoms with Gasteiger partial charge in [-0.25, -0.2) is 0 Å². The number of hydrogen-bond acceptors (Lipinski definition) is 1. The maximum absolute atomic E-state index is 10.2. The summed E-state index contributed by atoms with van der Waals surface area (Å²) in [7, 11) is 0. The van der Waals surface area contributed by atoms with E-state index in [1.165, 1.54) is 16.5 Å². The monoisotopic (exact) mass is 249 g/mol. The van der Waals surface area contributed by atoms with Gasteiger partial charge in [0.05, 0.1) is 6.10 Å². The highest BCUT2D eigenvalue weighted by atomic mass is 16.3. The summed E-state index contributed by atoms with van der Waals surface area (Å²) in [5.74, 6) is 0.294. The fourth-order valence-corrected chi connectivity index (χ4v) is 3.29. The smallest absolute Gasteiger partial charge is 0.0802 e. The van der Waals surface area contributed by atoms with Crippen LogP contribution in [0.3, 0.4) is 0 Å². The van der Waals surface area contributed by atoms with E-state index in [2.05, 4.69) is 41.5 Å². The molecule has 2 atom stereocenters. The summed E-state index contributed by atoms with van der Waals surface area (Å²) in [6.45, 7) is 0. The van der Waals surface area contributed by atoms with Crippen molar-refractivity contribution in [2.45, 2.75) is 18.4 Å². The van der Waals surface area contributed by atoms with Gasteiger partial charge in [-0.2, -0.15) is 0 Å². The predicted octanol–water partition coefficient (Wildman–Crippen LogP) is 3.74. The second-order valence-electron chi connectivity index (χ2n) is 5.22.